The highest BCUT2D eigenvalue weighted by atomic mass is 16.5. The number of aryl methyl sites for hydroxylation is 2. The molecule has 5 heteroatoms. The molecule has 0 fully saturated rings. The largest absolute Gasteiger partial charge is 0.473 e. The molecule has 1 rings (SSSR count). The van der Waals surface area contributed by atoms with E-state index in [0.29, 0.717) is 13.0 Å². The summed E-state index contributed by atoms with van der Waals surface area (Å²) in [5.74, 6) is 0.718. The number of hydrogen-bond donors (Lipinski definition) is 2. The molecule has 2 amide bonds. The van der Waals surface area contributed by atoms with Crippen molar-refractivity contribution in [3.05, 3.63) is 29.3 Å². The predicted molar refractivity (Wildman–Crippen MR) is 68.2 cm³/mol. The van der Waals surface area contributed by atoms with E-state index in [1.807, 2.05) is 38.1 Å². The van der Waals surface area contributed by atoms with Crippen LogP contribution in [0.25, 0.3) is 0 Å². The topological polar surface area (TPSA) is 74.2 Å². The summed E-state index contributed by atoms with van der Waals surface area (Å²) < 4.78 is 5.38. The van der Waals surface area contributed by atoms with Crippen molar-refractivity contribution in [1.82, 2.24) is 10.6 Å². The fourth-order valence-electron chi connectivity index (χ4n) is 1.28. The fourth-order valence-corrected chi connectivity index (χ4v) is 1.28. The van der Waals surface area contributed by atoms with Crippen molar-refractivity contribution in [1.29, 1.82) is 5.26 Å². The lowest BCUT2D eigenvalue weighted by Crippen LogP contribution is -2.38. The number of hydrogen-bond acceptors (Lipinski definition) is 3. The quantitative estimate of drug-likeness (QED) is 0.616. The van der Waals surface area contributed by atoms with Crippen LogP contribution in [0.1, 0.15) is 17.5 Å². The Hall–Kier alpha value is -2.22. The van der Waals surface area contributed by atoms with Gasteiger partial charge in [0.15, 0.2) is 6.73 Å². The standard InChI is InChI=1S/C13H17N3O2/c1-10-4-5-12(8-11(10)2)18-9-16-13(17)15-7-3-6-14/h4-5,8H,3,7,9H2,1-2H3,(H2,15,16,17). The highest BCUT2D eigenvalue weighted by Gasteiger charge is 2.00. The average molecular weight is 247 g/mol. The maximum atomic E-state index is 11.2. The van der Waals surface area contributed by atoms with Crippen LogP contribution in [0.15, 0.2) is 18.2 Å². The molecule has 0 radical (unpaired) electrons. The van der Waals surface area contributed by atoms with Crippen molar-refractivity contribution >= 4 is 6.03 Å². The number of nitrogens with zero attached hydrogens (tertiary/aromatic N) is 1. The zero-order valence-electron chi connectivity index (χ0n) is 10.6. The third kappa shape index (κ3) is 4.74. The lowest BCUT2D eigenvalue weighted by Gasteiger charge is -2.09. The first-order chi connectivity index (χ1) is 8.63. The van der Waals surface area contributed by atoms with E-state index in [2.05, 4.69) is 10.6 Å². The second-order valence-corrected chi connectivity index (χ2v) is 3.88. The van der Waals surface area contributed by atoms with E-state index in [1.165, 1.54) is 5.56 Å². The van der Waals surface area contributed by atoms with Gasteiger partial charge >= 0.3 is 6.03 Å². The van der Waals surface area contributed by atoms with Gasteiger partial charge in [0, 0.05) is 6.54 Å². The van der Waals surface area contributed by atoms with Crippen LogP contribution < -0.4 is 15.4 Å². The predicted octanol–water partition coefficient (Wildman–Crippen LogP) is 1.85. The fraction of sp³-hybridized carbons (Fsp3) is 0.385. The SMILES string of the molecule is Cc1ccc(OCNC(=O)NCCC#N)cc1C. The number of nitrogens with one attached hydrogen (secondary N) is 2. The van der Waals surface area contributed by atoms with Gasteiger partial charge < -0.3 is 15.4 Å². The van der Waals surface area contributed by atoms with Gasteiger partial charge in [-0.1, -0.05) is 6.07 Å². The maximum absolute atomic E-state index is 11.2. The van der Waals surface area contributed by atoms with Crippen LogP contribution in [0.5, 0.6) is 5.75 Å². The van der Waals surface area contributed by atoms with E-state index in [-0.39, 0.29) is 12.8 Å². The summed E-state index contributed by atoms with van der Waals surface area (Å²) in [6.07, 6.45) is 0.297. The molecule has 5 nitrogen and oxygen atoms in total. The molecular weight excluding hydrogens is 230 g/mol. The van der Waals surface area contributed by atoms with Gasteiger partial charge in [0.2, 0.25) is 0 Å². The lowest BCUT2D eigenvalue weighted by atomic mass is 10.1. The van der Waals surface area contributed by atoms with Gasteiger partial charge in [-0.3, -0.25) is 0 Å². The number of urea groups is 1. The molecule has 2 N–H and O–H groups in total. The molecule has 0 aliphatic heterocycles. The average Bonchev–Trinajstić information content (AvgIpc) is 2.34. The number of rotatable bonds is 5. The number of ether oxygens (including phenoxy) is 1. The van der Waals surface area contributed by atoms with E-state index in [0.717, 1.165) is 11.3 Å². The van der Waals surface area contributed by atoms with Crippen molar-refractivity contribution in [2.45, 2.75) is 20.3 Å². The zero-order valence-corrected chi connectivity index (χ0v) is 10.6. The van der Waals surface area contributed by atoms with Crippen LogP contribution in [0.4, 0.5) is 4.79 Å². The van der Waals surface area contributed by atoms with Gasteiger partial charge in [-0.2, -0.15) is 5.26 Å². The first-order valence-corrected chi connectivity index (χ1v) is 5.72. The molecular formula is C13H17N3O2. The molecule has 0 aromatic heterocycles. The van der Waals surface area contributed by atoms with Crippen LogP contribution in [0.3, 0.4) is 0 Å². The molecule has 0 heterocycles. The van der Waals surface area contributed by atoms with E-state index in [9.17, 15) is 4.79 Å². The highest BCUT2D eigenvalue weighted by Crippen LogP contribution is 2.15. The number of carbonyl (C=O) groups excluding carboxylic acids is 1. The van der Waals surface area contributed by atoms with Crippen molar-refractivity contribution in [3.63, 3.8) is 0 Å². The lowest BCUT2D eigenvalue weighted by molar-refractivity contribution is 0.224. The summed E-state index contributed by atoms with van der Waals surface area (Å²) in [6, 6.07) is 7.35. The maximum Gasteiger partial charge on any atom is 0.317 e. The minimum Gasteiger partial charge on any atom is -0.473 e. The van der Waals surface area contributed by atoms with Crippen LogP contribution in [-0.4, -0.2) is 19.3 Å². The molecule has 0 aliphatic rings. The number of carbonyl (C=O) groups is 1. The summed E-state index contributed by atoms with van der Waals surface area (Å²) >= 11 is 0. The van der Waals surface area contributed by atoms with Gasteiger partial charge in [0.05, 0.1) is 12.5 Å². The summed E-state index contributed by atoms with van der Waals surface area (Å²) in [4.78, 5) is 11.2. The van der Waals surface area contributed by atoms with Gasteiger partial charge in [-0.05, 0) is 37.1 Å². The molecule has 0 saturated heterocycles. The Bertz CT molecular complexity index is 452. The number of nitriles is 1. The monoisotopic (exact) mass is 247 g/mol. The van der Waals surface area contributed by atoms with Gasteiger partial charge in [-0.25, -0.2) is 4.79 Å². The molecule has 1 aromatic rings. The smallest absolute Gasteiger partial charge is 0.317 e. The molecule has 1 aromatic carbocycles. The van der Waals surface area contributed by atoms with Crippen molar-refractivity contribution < 1.29 is 9.53 Å². The Kier molecular flexibility index (Phi) is 5.52. The Morgan fingerprint density at radius 2 is 2.11 bits per heavy atom. The van der Waals surface area contributed by atoms with Crippen LogP contribution >= 0.6 is 0 Å². The molecule has 0 saturated carbocycles. The highest BCUT2D eigenvalue weighted by molar-refractivity contribution is 5.73. The molecule has 0 aliphatic carbocycles. The van der Waals surface area contributed by atoms with Crippen LogP contribution in [0, 0.1) is 25.2 Å². The molecule has 96 valence electrons. The van der Waals surface area contributed by atoms with Gasteiger partial charge in [-0.15, -0.1) is 0 Å². The molecule has 0 bridgehead atoms. The molecule has 0 unspecified atom stereocenters. The Balaban J connectivity index is 2.27. The van der Waals surface area contributed by atoms with Crippen LogP contribution in [0.2, 0.25) is 0 Å². The second kappa shape index (κ2) is 7.17. The summed E-state index contributed by atoms with van der Waals surface area (Å²) in [5.41, 5.74) is 2.34. The first kappa shape index (κ1) is 13.8. The second-order valence-electron chi connectivity index (χ2n) is 3.88. The normalized spacial score (nSPS) is 9.39. The molecule has 0 atom stereocenters. The summed E-state index contributed by atoms with van der Waals surface area (Å²) in [6.45, 7) is 4.47. The van der Waals surface area contributed by atoms with Crippen molar-refractivity contribution in [2.24, 2.45) is 0 Å². The Morgan fingerprint density at radius 3 is 2.78 bits per heavy atom. The van der Waals surface area contributed by atoms with Gasteiger partial charge in [0.1, 0.15) is 5.75 Å². The molecule has 0 spiro atoms. The zero-order chi connectivity index (χ0) is 13.4. The summed E-state index contributed by atoms with van der Waals surface area (Å²) in [7, 11) is 0. The summed E-state index contributed by atoms with van der Waals surface area (Å²) in [5, 5.41) is 13.4. The number of benzene rings is 1. The van der Waals surface area contributed by atoms with E-state index in [4.69, 9.17) is 10.00 Å². The van der Waals surface area contributed by atoms with Crippen molar-refractivity contribution in [2.75, 3.05) is 13.3 Å². The third-order valence-electron chi connectivity index (χ3n) is 2.47. The van der Waals surface area contributed by atoms with Crippen LogP contribution in [-0.2, 0) is 0 Å². The number of amides is 2. The minimum absolute atomic E-state index is 0.0981. The van der Waals surface area contributed by atoms with E-state index in [1.54, 1.807) is 0 Å². The third-order valence-corrected chi connectivity index (χ3v) is 2.47. The van der Waals surface area contributed by atoms with Crippen molar-refractivity contribution in [3.8, 4) is 11.8 Å². The van der Waals surface area contributed by atoms with Gasteiger partial charge in [0.25, 0.3) is 0 Å². The Labute approximate surface area is 107 Å². The first-order valence-electron chi connectivity index (χ1n) is 5.72. The van der Waals surface area contributed by atoms with E-state index >= 15 is 0 Å². The molecule has 18 heavy (non-hydrogen) atoms. The van der Waals surface area contributed by atoms with E-state index < -0.39 is 0 Å². The Morgan fingerprint density at radius 1 is 1.33 bits per heavy atom. The minimum atomic E-state index is -0.339.